The number of benzene rings is 2. The predicted molar refractivity (Wildman–Crippen MR) is 106 cm³/mol. The molecule has 138 valence electrons. The Morgan fingerprint density at radius 3 is 2.04 bits per heavy atom. The van der Waals surface area contributed by atoms with Gasteiger partial charge in [0.1, 0.15) is 6.10 Å². The molecule has 0 saturated carbocycles. The van der Waals surface area contributed by atoms with Crippen LogP contribution in [0.4, 0.5) is 0 Å². The minimum atomic E-state index is -0.799. The van der Waals surface area contributed by atoms with Gasteiger partial charge in [0.25, 0.3) is 5.91 Å². The largest absolute Gasteiger partial charge is 0.453 e. The molecule has 0 heterocycles. The van der Waals surface area contributed by atoms with Gasteiger partial charge in [0, 0.05) is 24.4 Å². The summed E-state index contributed by atoms with van der Waals surface area (Å²) >= 11 is 0. The van der Waals surface area contributed by atoms with Crippen molar-refractivity contribution in [3.63, 3.8) is 0 Å². The lowest BCUT2D eigenvalue weighted by atomic mass is 10.1. The Balaban J connectivity index is 2.11. The molecule has 2 unspecified atom stereocenters. The van der Waals surface area contributed by atoms with Gasteiger partial charge in [-0.1, -0.05) is 49.1 Å². The summed E-state index contributed by atoms with van der Waals surface area (Å²) in [4.78, 5) is 26.4. The van der Waals surface area contributed by atoms with Crippen LogP contribution in [0.1, 0.15) is 27.1 Å². The van der Waals surface area contributed by atoms with Gasteiger partial charge in [0.05, 0.1) is 11.6 Å². The van der Waals surface area contributed by atoms with Gasteiger partial charge in [-0.2, -0.15) is 0 Å². The highest BCUT2D eigenvalue weighted by atomic mass is 16.5. The standard InChI is InChI=1S/C22H22N2O3/c1-3-19(24(4-2)21(25)17-11-7-5-8-12-17)15-20(16-23)27-22(26)18-13-9-6-10-14-18/h3-14,16,19-20,23H,1-2,15H2. The van der Waals surface area contributed by atoms with Crippen LogP contribution in [0, 0.1) is 5.41 Å². The second-order valence-electron chi connectivity index (χ2n) is 5.78. The maximum atomic E-state index is 12.7. The second kappa shape index (κ2) is 9.87. The summed E-state index contributed by atoms with van der Waals surface area (Å²) in [7, 11) is 0. The van der Waals surface area contributed by atoms with E-state index in [9.17, 15) is 9.59 Å². The predicted octanol–water partition coefficient (Wildman–Crippen LogP) is 4.09. The number of rotatable bonds is 9. The number of carbonyl (C=O) groups is 2. The molecule has 2 aromatic carbocycles. The minimum Gasteiger partial charge on any atom is -0.453 e. The fourth-order valence-corrected chi connectivity index (χ4v) is 2.59. The molecule has 1 amide bonds. The van der Waals surface area contributed by atoms with Crippen molar-refractivity contribution in [1.82, 2.24) is 4.90 Å². The summed E-state index contributed by atoms with van der Waals surface area (Å²) in [6.07, 6.45) is 3.45. The number of ether oxygens (including phenoxy) is 1. The molecule has 1 N–H and O–H groups in total. The summed E-state index contributed by atoms with van der Waals surface area (Å²) in [6.45, 7) is 7.48. The highest BCUT2D eigenvalue weighted by molar-refractivity contribution is 5.95. The molecular weight excluding hydrogens is 340 g/mol. The van der Waals surface area contributed by atoms with Crippen LogP contribution in [0.25, 0.3) is 0 Å². The van der Waals surface area contributed by atoms with Gasteiger partial charge in [-0.3, -0.25) is 4.79 Å². The first-order chi connectivity index (χ1) is 13.1. The highest BCUT2D eigenvalue weighted by Gasteiger charge is 2.25. The number of hydrogen-bond donors (Lipinski definition) is 1. The molecule has 0 aromatic heterocycles. The molecule has 2 rings (SSSR count). The van der Waals surface area contributed by atoms with Crippen molar-refractivity contribution >= 4 is 18.1 Å². The van der Waals surface area contributed by atoms with E-state index in [2.05, 4.69) is 13.2 Å². The maximum absolute atomic E-state index is 12.7. The summed E-state index contributed by atoms with van der Waals surface area (Å²) in [5.41, 5.74) is 0.914. The van der Waals surface area contributed by atoms with Crippen molar-refractivity contribution in [3.05, 3.63) is 97.2 Å². The minimum absolute atomic E-state index is 0.205. The van der Waals surface area contributed by atoms with Gasteiger partial charge < -0.3 is 15.0 Å². The van der Waals surface area contributed by atoms with E-state index < -0.39 is 18.1 Å². The molecule has 0 spiro atoms. The van der Waals surface area contributed by atoms with Crippen molar-refractivity contribution in [2.24, 2.45) is 0 Å². The van der Waals surface area contributed by atoms with Crippen molar-refractivity contribution < 1.29 is 14.3 Å². The van der Waals surface area contributed by atoms with Crippen molar-refractivity contribution in [2.45, 2.75) is 18.6 Å². The maximum Gasteiger partial charge on any atom is 0.338 e. The normalized spacial score (nSPS) is 12.3. The molecule has 27 heavy (non-hydrogen) atoms. The summed E-state index contributed by atoms with van der Waals surface area (Å²) in [5.74, 6) is -0.764. The van der Waals surface area contributed by atoms with E-state index in [0.29, 0.717) is 11.1 Å². The van der Waals surface area contributed by atoms with E-state index in [0.717, 1.165) is 6.21 Å². The molecule has 0 aliphatic heterocycles. The van der Waals surface area contributed by atoms with E-state index in [1.54, 1.807) is 60.7 Å². The fraction of sp³-hybridized carbons (Fsp3) is 0.136. The van der Waals surface area contributed by atoms with Gasteiger partial charge in [0.15, 0.2) is 0 Å². The molecular formula is C22H22N2O3. The van der Waals surface area contributed by atoms with Crippen LogP contribution < -0.4 is 0 Å². The monoisotopic (exact) mass is 362 g/mol. The zero-order valence-corrected chi connectivity index (χ0v) is 15.0. The Labute approximate surface area is 159 Å². The number of amides is 1. The molecule has 0 bridgehead atoms. The molecule has 2 atom stereocenters. The lowest BCUT2D eigenvalue weighted by Crippen LogP contribution is -2.38. The molecule has 0 saturated heterocycles. The summed E-state index contributed by atoms with van der Waals surface area (Å²) in [5, 5.41) is 7.59. The molecule has 0 fully saturated rings. The average Bonchev–Trinajstić information content (AvgIpc) is 2.73. The first-order valence-electron chi connectivity index (χ1n) is 8.50. The van der Waals surface area contributed by atoms with Crippen LogP contribution in [0.2, 0.25) is 0 Å². The van der Waals surface area contributed by atoms with Crippen LogP contribution in [-0.4, -0.2) is 35.1 Å². The van der Waals surface area contributed by atoms with Gasteiger partial charge in [-0.05, 0) is 24.3 Å². The third-order valence-corrected chi connectivity index (χ3v) is 4.01. The van der Waals surface area contributed by atoms with E-state index in [1.165, 1.54) is 11.1 Å². The van der Waals surface area contributed by atoms with Gasteiger partial charge in [-0.15, -0.1) is 6.58 Å². The molecule has 0 radical (unpaired) electrons. The van der Waals surface area contributed by atoms with E-state index in [1.807, 2.05) is 6.07 Å². The van der Waals surface area contributed by atoms with Crippen molar-refractivity contribution in [1.29, 1.82) is 5.41 Å². The second-order valence-corrected chi connectivity index (χ2v) is 5.78. The van der Waals surface area contributed by atoms with Crippen molar-refractivity contribution in [3.8, 4) is 0 Å². The Bertz CT molecular complexity index is 803. The zero-order chi connectivity index (χ0) is 19.6. The first kappa shape index (κ1) is 19.8. The topological polar surface area (TPSA) is 70.5 Å². The highest BCUT2D eigenvalue weighted by Crippen LogP contribution is 2.16. The third kappa shape index (κ3) is 5.25. The molecule has 5 heteroatoms. The van der Waals surface area contributed by atoms with Crippen LogP contribution in [-0.2, 0) is 4.74 Å². The number of esters is 1. The van der Waals surface area contributed by atoms with Crippen LogP contribution >= 0.6 is 0 Å². The first-order valence-corrected chi connectivity index (χ1v) is 8.50. The Morgan fingerprint density at radius 1 is 1.00 bits per heavy atom. The van der Waals surface area contributed by atoms with Crippen molar-refractivity contribution in [2.75, 3.05) is 0 Å². The number of nitrogens with zero attached hydrogens (tertiary/aromatic N) is 1. The molecule has 5 nitrogen and oxygen atoms in total. The Kier molecular flexibility index (Phi) is 7.26. The van der Waals surface area contributed by atoms with Crippen LogP contribution in [0.3, 0.4) is 0 Å². The summed E-state index contributed by atoms with van der Waals surface area (Å²) in [6, 6.07) is 16.9. The van der Waals surface area contributed by atoms with Gasteiger partial charge in [0.2, 0.25) is 0 Å². The van der Waals surface area contributed by atoms with Crippen LogP contribution in [0.5, 0.6) is 0 Å². The van der Waals surface area contributed by atoms with E-state index in [-0.39, 0.29) is 12.3 Å². The fourth-order valence-electron chi connectivity index (χ4n) is 2.59. The van der Waals surface area contributed by atoms with Gasteiger partial charge in [-0.25, -0.2) is 4.79 Å². The average molecular weight is 362 g/mol. The summed E-state index contributed by atoms with van der Waals surface area (Å²) < 4.78 is 5.40. The number of carbonyl (C=O) groups excluding carboxylic acids is 2. The SMILES string of the molecule is C=CC(CC(C=N)OC(=O)c1ccccc1)N(C=C)C(=O)c1ccccc1. The van der Waals surface area contributed by atoms with Gasteiger partial charge >= 0.3 is 5.97 Å². The number of nitrogens with one attached hydrogen (secondary N) is 1. The quantitative estimate of drug-likeness (QED) is 0.415. The molecule has 0 aliphatic carbocycles. The third-order valence-electron chi connectivity index (χ3n) is 4.01. The molecule has 0 aliphatic rings. The smallest absolute Gasteiger partial charge is 0.338 e. The van der Waals surface area contributed by atoms with E-state index >= 15 is 0 Å². The Hall–Kier alpha value is -3.47. The zero-order valence-electron chi connectivity index (χ0n) is 15.0. The lowest BCUT2D eigenvalue weighted by molar-refractivity contribution is 0.0390. The Morgan fingerprint density at radius 2 is 1.56 bits per heavy atom. The van der Waals surface area contributed by atoms with E-state index in [4.69, 9.17) is 10.1 Å². The number of hydrogen-bond acceptors (Lipinski definition) is 4. The lowest BCUT2D eigenvalue weighted by Gasteiger charge is -2.28. The van der Waals surface area contributed by atoms with Crippen LogP contribution in [0.15, 0.2) is 86.1 Å². The molecule has 2 aromatic rings.